The smallest absolute Gasteiger partial charge is 0.266 e. The number of hydrogen-bond acceptors (Lipinski definition) is 5. The second-order valence-electron chi connectivity index (χ2n) is 8.63. The first kappa shape index (κ1) is 24.5. The van der Waals surface area contributed by atoms with Crippen LogP contribution in [0.25, 0.3) is 16.6 Å². The van der Waals surface area contributed by atoms with Crippen molar-refractivity contribution in [3.8, 4) is 5.69 Å². The predicted molar refractivity (Wildman–Crippen MR) is 145 cm³/mol. The van der Waals surface area contributed by atoms with Crippen LogP contribution >= 0.6 is 11.8 Å². The summed E-state index contributed by atoms with van der Waals surface area (Å²) >= 11 is 1.30. The average molecular weight is 487 g/mol. The lowest BCUT2D eigenvalue weighted by Crippen LogP contribution is -2.28. The number of carbonyl (C=O) groups excluding carboxylic acids is 1. The number of rotatable bonds is 8. The van der Waals surface area contributed by atoms with Crippen LogP contribution in [-0.2, 0) is 17.8 Å². The monoisotopic (exact) mass is 486 g/mol. The lowest BCUT2D eigenvalue weighted by Gasteiger charge is -2.19. The largest absolute Gasteiger partial charge is 0.378 e. The second kappa shape index (κ2) is 10.8. The van der Waals surface area contributed by atoms with E-state index in [2.05, 4.69) is 6.92 Å². The van der Waals surface area contributed by atoms with E-state index in [0.717, 1.165) is 28.9 Å². The highest BCUT2D eigenvalue weighted by atomic mass is 32.2. The van der Waals surface area contributed by atoms with Crippen LogP contribution in [0.1, 0.15) is 18.1 Å². The zero-order chi connectivity index (χ0) is 24.9. The molecule has 1 amide bonds. The van der Waals surface area contributed by atoms with Gasteiger partial charge in [-0.25, -0.2) is 4.98 Å². The molecule has 4 aromatic rings. The van der Waals surface area contributed by atoms with Crippen LogP contribution in [0.5, 0.6) is 0 Å². The van der Waals surface area contributed by atoms with E-state index in [1.165, 1.54) is 11.8 Å². The molecule has 0 fully saturated rings. The summed E-state index contributed by atoms with van der Waals surface area (Å²) in [5.41, 5.74) is 4.55. The summed E-state index contributed by atoms with van der Waals surface area (Å²) in [6, 6.07) is 23.4. The highest BCUT2D eigenvalue weighted by Crippen LogP contribution is 2.24. The van der Waals surface area contributed by atoms with E-state index in [-0.39, 0.29) is 17.2 Å². The van der Waals surface area contributed by atoms with E-state index in [1.807, 2.05) is 85.7 Å². The lowest BCUT2D eigenvalue weighted by molar-refractivity contribution is -0.127. The maximum atomic E-state index is 13.5. The number of aromatic nitrogens is 2. The van der Waals surface area contributed by atoms with Crippen molar-refractivity contribution in [3.63, 3.8) is 0 Å². The molecule has 1 heterocycles. The molecule has 0 bridgehead atoms. The zero-order valence-electron chi connectivity index (χ0n) is 20.6. The van der Waals surface area contributed by atoms with Crippen molar-refractivity contribution < 1.29 is 4.79 Å². The van der Waals surface area contributed by atoms with Gasteiger partial charge in [-0.2, -0.15) is 0 Å². The molecule has 35 heavy (non-hydrogen) atoms. The summed E-state index contributed by atoms with van der Waals surface area (Å²) in [4.78, 5) is 35.1. The van der Waals surface area contributed by atoms with Crippen LogP contribution < -0.4 is 10.5 Å². The summed E-state index contributed by atoms with van der Waals surface area (Å²) < 4.78 is 1.65. The summed E-state index contributed by atoms with van der Waals surface area (Å²) in [5, 5.41) is 1.08. The molecule has 0 aliphatic carbocycles. The molecule has 0 radical (unpaired) electrons. The molecule has 0 atom stereocenters. The van der Waals surface area contributed by atoms with E-state index < -0.39 is 0 Å². The van der Waals surface area contributed by atoms with Crippen LogP contribution in [0.15, 0.2) is 82.7 Å². The molecule has 0 aliphatic rings. The molecule has 0 aliphatic heterocycles. The lowest BCUT2D eigenvalue weighted by atomic mass is 10.1. The third-order valence-corrected chi connectivity index (χ3v) is 6.90. The van der Waals surface area contributed by atoms with Crippen molar-refractivity contribution in [2.24, 2.45) is 0 Å². The number of anilines is 1. The number of aryl methyl sites for hydroxylation is 1. The van der Waals surface area contributed by atoms with E-state index in [9.17, 15) is 9.59 Å². The minimum Gasteiger partial charge on any atom is -0.378 e. The molecular formula is C28H30N4O2S. The van der Waals surface area contributed by atoms with Crippen LogP contribution in [0.3, 0.4) is 0 Å². The van der Waals surface area contributed by atoms with Crippen LogP contribution in [-0.4, -0.2) is 47.3 Å². The van der Waals surface area contributed by atoms with Crippen LogP contribution in [0, 0.1) is 0 Å². The van der Waals surface area contributed by atoms with Crippen molar-refractivity contribution in [2.75, 3.05) is 31.8 Å². The molecule has 6 nitrogen and oxygen atoms in total. The third kappa shape index (κ3) is 5.41. The number of nitrogens with zero attached hydrogens (tertiary/aromatic N) is 4. The zero-order valence-corrected chi connectivity index (χ0v) is 21.4. The fourth-order valence-electron chi connectivity index (χ4n) is 3.95. The number of carbonyl (C=O) groups is 1. The maximum Gasteiger partial charge on any atom is 0.266 e. The summed E-state index contributed by atoms with van der Waals surface area (Å²) in [6.45, 7) is 2.58. The van der Waals surface area contributed by atoms with E-state index >= 15 is 0 Å². The van der Waals surface area contributed by atoms with Crippen molar-refractivity contribution in [1.82, 2.24) is 14.5 Å². The van der Waals surface area contributed by atoms with Gasteiger partial charge in [0.25, 0.3) is 5.56 Å². The van der Waals surface area contributed by atoms with Gasteiger partial charge in [-0.05, 0) is 47.9 Å². The van der Waals surface area contributed by atoms with Crippen LogP contribution in [0.4, 0.5) is 5.69 Å². The second-order valence-corrected chi connectivity index (χ2v) is 9.58. The topological polar surface area (TPSA) is 58.4 Å². The Labute approximate surface area is 210 Å². The number of para-hydroxylation sites is 2. The Morgan fingerprint density at radius 3 is 2.34 bits per heavy atom. The molecule has 4 rings (SSSR count). The molecule has 7 heteroatoms. The van der Waals surface area contributed by atoms with Gasteiger partial charge in [-0.15, -0.1) is 0 Å². The SMILES string of the molecule is CCc1ccccc1-n1c(SCC(=O)N(C)Cc2ccc(N(C)C)cc2)nc2ccccc2c1=O. The number of fused-ring (bicyclic) bond motifs is 1. The van der Waals surface area contributed by atoms with E-state index in [1.54, 1.807) is 22.6 Å². The highest BCUT2D eigenvalue weighted by molar-refractivity contribution is 7.99. The van der Waals surface area contributed by atoms with Gasteiger partial charge in [0.15, 0.2) is 5.16 Å². The molecule has 1 aromatic heterocycles. The van der Waals surface area contributed by atoms with E-state index in [0.29, 0.717) is 22.6 Å². The number of benzene rings is 3. The Morgan fingerprint density at radius 2 is 1.63 bits per heavy atom. The first-order valence-corrected chi connectivity index (χ1v) is 12.6. The average Bonchev–Trinajstić information content (AvgIpc) is 2.87. The number of hydrogen-bond donors (Lipinski definition) is 0. The quantitative estimate of drug-likeness (QED) is 0.265. The Kier molecular flexibility index (Phi) is 7.56. The van der Waals surface area contributed by atoms with Gasteiger partial charge in [-0.3, -0.25) is 14.2 Å². The van der Waals surface area contributed by atoms with Gasteiger partial charge in [0, 0.05) is 33.4 Å². The van der Waals surface area contributed by atoms with Gasteiger partial charge in [-0.1, -0.05) is 61.2 Å². The predicted octanol–water partition coefficient (Wildman–Crippen LogP) is 4.76. The van der Waals surface area contributed by atoms with Crippen molar-refractivity contribution in [1.29, 1.82) is 0 Å². The number of thioether (sulfide) groups is 1. The third-order valence-electron chi connectivity index (χ3n) is 5.98. The fourth-order valence-corrected chi connectivity index (χ4v) is 4.89. The minimum absolute atomic E-state index is 0.0237. The molecule has 180 valence electrons. The molecule has 0 spiro atoms. The molecule has 3 aromatic carbocycles. The summed E-state index contributed by atoms with van der Waals surface area (Å²) in [7, 11) is 5.80. The molecular weight excluding hydrogens is 456 g/mol. The van der Waals surface area contributed by atoms with E-state index in [4.69, 9.17) is 4.98 Å². The molecule has 0 N–H and O–H groups in total. The van der Waals surface area contributed by atoms with Crippen molar-refractivity contribution in [2.45, 2.75) is 25.0 Å². The molecule has 0 unspecified atom stereocenters. The Bertz CT molecular complexity index is 1400. The van der Waals surface area contributed by atoms with Gasteiger partial charge in [0.1, 0.15) is 0 Å². The van der Waals surface area contributed by atoms with Gasteiger partial charge < -0.3 is 9.80 Å². The first-order chi connectivity index (χ1) is 16.9. The van der Waals surface area contributed by atoms with Crippen LogP contribution in [0.2, 0.25) is 0 Å². The molecule has 0 saturated carbocycles. The van der Waals surface area contributed by atoms with Crippen molar-refractivity contribution >= 4 is 34.3 Å². The number of amides is 1. The fraction of sp³-hybridized carbons (Fsp3) is 0.250. The first-order valence-electron chi connectivity index (χ1n) is 11.6. The van der Waals surface area contributed by atoms with Crippen molar-refractivity contribution in [3.05, 3.63) is 94.3 Å². The van der Waals surface area contributed by atoms with Gasteiger partial charge in [0.05, 0.1) is 22.3 Å². The minimum atomic E-state index is -0.124. The van der Waals surface area contributed by atoms with Gasteiger partial charge in [0.2, 0.25) is 5.91 Å². The molecule has 0 saturated heterocycles. The summed E-state index contributed by atoms with van der Waals surface area (Å²) in [5.74, 6) is 0.162. The maximum absolute atomic E-state index is 13.5. The standard InChI is InChI=1S/C28H30N4O2S/c1-5-21-10-6-9-13-25(21)32-27(34)23-11-7-8-12-24(23)29-28(32)35-19-26(33)31(4)18-20-14-16-22(17-15-20)30(2)3/h6-17H,5,18-19H2,1-4H3. The summed E-state index contributed by atoms with van der Waals surface area (Å²) in [6.07, 6.45) is 0.786. The highest BCUT2D eigenvalue weighted by Gasteiger charge is 2.18. The Hall–Kier alpha value is -3.58. The Morgan fingerprint density at radius 1 is 0.943 bits per heavy atom. The van der Waals surface area contributed by atoms with Gasteiger partial charge >= 0.3 is 0 Å². The Balaban J connectivity index is 1.60. The normalized spacial score (nSPS) is 11.0.